The Bertz CT molecular complexity index is 538. The highest BCUT2D eigenvalue weighted by molar-refractivity contribution is 5.86. The van der Waals surface area contributed by atoms with Crippen LogP contribution in [0.2, 0.25) is 0 Å². The molecule has 0 aliphatic rings. The summed E-state index contributed by atoms with van der Waals surface area (Å²) in [5.74, 6) is -1.30. The van der Waals surface area contributed by atoms with Crippen LogP contribution in [-0.2, 0) is 0 Å². The molecule has 0 unspecified atom stereocenters. The van der Waals surface area contributed by atoms with Crippen molar-refractivity contribution in [1.29, 1.82) is 0 Å². The molecule has 2 aromatic rings. The summed E-state index contributed by atoms with van der Waals surface area (Å²) in [6, 6.07) is 9.14. The number of carbonyl (C=O) groups is 1. The van der Waals surface area contributed by atoms with Gasteiger partial charge in [-0.3, -0.25) is 0 Å². The highest BCUT2D eigenvalue weighted by Gasteiger charge is 2.20. The number of carboxylic acid groups (broad SMARTS) is 1. The average molecular weight is 238 g/mol. The van der Waals surface area contributed by atoms with E-state index in [-0.39, 0.29) is 5.69 Å². The Balaban J connectivity index is 2.56. The van der Waals surface area contributed by atoms with Gasteiger partial charge in [0, 0.05) is 6.07 Å². The van der Waals surface area contributed by atoms with Crippen LogP contribution < -0.4 is 0 Å². The molecule has 2 rings (SSSR count). The van der Waals surface area contributed by atoms with E-state index in [1.54, 1.807) is 30.3 Å². The Labute approximate surface area is 95.1 Å². The predicted molar refractivity (Wildman–Crippen MR) is 55.5 cm³/mol. The maximum absolute atomic E-state index is 12.5. The first-order valence-corrected chi connectivity index (χ1v) is 4.76. The number of aromatic nitrogens is 2. The second-order valence-electron chi connectivity index (χ2n) is 3.31. The number of halogens is 2. The van der Waals surface area contributed by atoms with Crippen LogP contribution in [0.4, 0.5) is 8.78 Å². The van der Waals surface area contributed by atoms with E-state index in [1.807, 2.05) is 0 Å². The van der Waals surface area contributed by atoms with Crippen molar-refractivity contribution in [3.8, 4) is 5.69 Å². The van der Waals surface area contributed by atoms with Gasteiger partial charge in [0.15, 0.2) is 5.69 Å². The summed E-state index contributed by atoms with van der Waals surface area (Å²) < 4.78 is 25.9. The Morgan fingerprint density at radius 1 is 1.29 bits per heavy atom. The van der Waals surface area contributed by atoms with E-state index in [0.717, 1.165) is 10.7 Å². The SMILES string of the molecule is O=C(O)c1cc(C(F)F)nn1-c1ccccc1. The molecule has 1 heterocycles. The van der Waals surface area contributed by atoms with Gasteiger partial charge in [-0.05, 0) is 12.1 Å². The summed E-state index contributed by atoms with van der Waals surface area (Å²) in [7, 11) is 0. The van der Waals surface area contributed by atoms with E-state index < -0.39 is 18.1 Å². The third-order valence-electron chi connectivity index (χ3n) is 2.17. The molecule has 0 spiro atoms. The number of aromatic carboxylic acids is 1. The van der Waals surface area contributed by atoms with E-state index in [9.17, 15) is 13.6 Å². The molecule has 0 aliphatic carbocycles. The fourth-order valence-electron chi connectivity index (χ4n) is 1.42. The minimum absolute atomic E-state index is 0.286. The number of para-hydroxylation sites is 1. The monoisotopic (exact) mass is 238 g/mol. The lowest BCUT2D eigenvalue weighted by molar-refractivity contribution is 0.0687. The second kappa shape index (κ2) is 4.32. The number of hydrogen-bond acceptors (Lipinski definition) is 2. The summed E-state index contributed by atoms with van der Waals surface area (Å²) in [6.45, 7) is 0. The number of rotatable bonds is 3. The normalized spacial score (nSPS) is 10.8. The molecule has 0 amide bonds. The van der Waals surface area contributed by atoms with Crippen LogP contribution in [0.1, 0.15) is 22.6 Å². The number of carboxylic acids is 1. The molecule has 4 nitrogen and oxygen atoms in total. The zero-order valence-electron chi connectivity index (χ0n) is 8.55. The largest absolute Gasteiger partial charge is 0.477 e. The molecule has 0 radical (unpaired) electrons. The molecule has 1 N–H and O–H groups in total. The van der Waals surface area contributed by atoms with Gasteiger partial charge in [0.1, 0.15) is 5.69 Å². The summed E-state index contributed by atoms with van der Waals surface area (Å²) in [4.78, 5) is 10.9. The van der Waals surface area contributed by atoms with Crippen molar-refractivity contribution >= 4 is 5.97 Å². The molecule has 0 saturated heterocycles. The molecular weight excluding hydrogens is 230 g/mol. The topological polar surface area (TPSA) is 55.1 Å². The summed E-state index contributed by atoms with van der Waals surface area (Å²) in [5, 5.41) is 12.5. The molecule has 0 aliphatic heterocycles. The number of nitrogens with zero attached hydrogens (tertiary/aromatic N) is 2. The van der Waals surface area contributed by atoms with Crippen LogP contribution >= 0.6 is 0 Å². The van der Waals surface area contributed by atoms with Gasteiger partial charge >= 0.3 is 5.97 Å². The van der Waals surface area contributed by atoms with Crippen molar-refractivity contribution in [3.05, 3.63) is 47.8 Å². The van der Waals surface area contributed by atoms with E-state index in [0.29, 0.717) is 5.69 Å². The molecule has 1 aromatic heterocycles. The van der Waals surface area contributed by atoms with Gasteiger partial charge in [0.25, 0.3) is 6.43 Å². The van der Waals surface area contributed by atoms with Gasteiger partial charge < -0.3 is 5.11 Å². The van der Waals surface area contributed by atoms with Gasteiger partial charge in [-0.2, -0.15) is 5.10 Å². The fourth-order valence-corrected chi connectivity index (χ4v) is 1.42. The van der Waals surface area contributed by atoms with Gasteiger partial charge in [-0.15, -0.1) is 0 Å². The zero-order valence-corrected chi connectivity index (χ0v) is 8.55. The minimum Gasteiger partial charge on any atom is -0.477 e. The zero-order chi connectivity index (χ0) is 12.4. The standard InChI is InChI=1S/C11H8F2N2O2/c12-10(13)8-6-9(11(16)17)15(14-8)7-4-2-1-3-5-7/h1-6,10H,(H,16,17). The number of alkyl halides is 2. The van der Waals surface area contributed by atoms with Crippen molar-refractivity contribution in [1.82, 2.24) is 9.78 Å². The molecule has 1 aromatic carbocycles. The molecule has 0 bridgehead atoms. The fraction of sp³-hybridized carbons (Fsp3) is 0.0909. The molecule has 17 heavy (non-hydrogen) atoms. The smallest absolute Gasteiger partial charge is 0.354 e. The summed E-state index contributed by atoms with van der Waals surface area (Å²) in [5.41, 5.74) is -0.408. The Morgan fingerprint density at radius 2 is 1.94 bits per heavy atom. The number of hydrogen-bond donors (Lipinski definition) is 1. The summed E-state index contributed by atoms with van der Waals surface area (Å²) in [6.07, 6.45) is -2.79. The van der Waals surface area contributed by atoms with E-state index in [4.69, 9.17) is 5.11 Å². The van der Waals surface area contributed by atoms with Crippen LogP contribution in [0.3, 0.4) is 0 Å². The maximum Gasteiger partial charge on any atom is 0.354 e. The Morgan fingerprint density at radius 3 is 2.47 bits per heavy atom. The minimum atomic E-state index is -2.79. The van der Waals surface area contributed by atoms with Crippen molar-refractivity contribution in [2.75, 3.05) is 0 Å². The van der Waals surface area contributed by atoms with E-state index in [2.05, 4.69) is 5.10 Å². The van der Waals surface area contributed by atoms with Crippen molar-refractivity contribution < 1.29 is 18.7 Å². The van der Waals surface area contributed by atoms with Crippen LogP contribution in [0, 0.1) is 0 Å². The second-order valence-corrected chi connectivity index (χ2v) is 3.31. The Kier molecular flexibility index (Phi) is 2.86. The van der Waals surface area contributed by atoms with Gasteiger partial charge in [-0.25, -0.2) is 18.3 Å². The van der Waals surface area contributed by atoms with Crippen LogP contribution in [-0.4, -0.2) is 20.9 Å². The lowest BCUT2D eigenvalue weighted by Crippen LogP contribution is -2.07. The summed E-state index contributed by atoms with van der Waals surface area (Å²) >= 11 is 0. The number of benzene rings is 1. The van der Waals surface area contributed by atoms with Crippen LogP contribution in [0.25, 0.3) is 5.69 Å². The molecule has 0 atom stereocenters. The van der Waals surface area contributed by atoms with Crippen molar-refractivity contribution in [3.63, 3.8) is 0 Å². The van der Waals surface area contributed by atoms with Crippen LogP contribution in [0.5, 0.6) is 0 Å². The first-order valence-electron chi connectivity index (χ1n) is 4.76. The maximum atomic E-state index is 12.5. The lowest BCUT2D eigenvalue weighted by Gasteiger charge is -2.03. The van der Waals surface area contributed by atoms with E-state index in [1.165, 1.54) is 0 Å². The van der Waals surface area contributed by atoms with Gasteiger partial charge in [0.05, 0.1) is 5.69 Å². The lowest BCUT2D eigenvalue weighted by atomic mass is 10.3. The highest BCUT2D eigenvalue weighted by Crippen LogP contribution is 2.20. The predicted octanol–water partition coefficient (Wildman–Crippen LogP) is 2.51. The van der Waals surface area contributed by atoms with Gasteiger partial charge in [-0.1, -0.05) is 18.2 Å². The third kappa shape index (κ3) is 2.15. The first kappa shape index (κ1) is 11.3. The van der Waals surface area contributed by atoms with Crippen molar-refractivity contribution in [2.24, 2.45) is 0 Å². The quantitative estimate of drug-likeness (QED) is 0.893. The molecule has 6 heteroatoms. The Hall–Kier alpha value is -2.24. The molecule has 0 saturated carbocycles. The highest BCUT2D eigenvalue weighted by atomic mass is 19.3. The van der Waals surface area contributed by atoms with E-state index >= 15 is 0 Å². The van der Waals surface area contributed by atoms with Crippen LogP contribution in [0.15, 0.2) is 36.4 Å². The van der Waals surface area contributed by atoms with Gasteiger partial charge in [0.2, 0.25) is 0 Å². The van der Waals surface area contributed by atoms with Crippen molar-refractivity contribution in [2.45, 2.75) is 6.43 Å². The average Bonchev–Trinajstić information content (AvgIpc) is 2.75. The first-order chi connectivity index (χ1) is 8.09. The molecular formula is C11H8F2N2O2. The molecule has 0 fully saturated rings. The molecule has 88 valence electrons. The third-order valence-corrected chi connectivity index (χ3v) is 2.17.